The van der Waals surface area contributed by atoms with E-state index in [1.807, 2.05) is 42.5 Å². The molecule has 1 unspecified atom stereocenters. The number of nitrogens with zero attached hydrogens (tertiary/aromatic N) is 2. The Morgan fingerprint density at radius 1 is 0.951 bits per heavy atom. The fourth-order valence-corrected chi connectivity index (χ4v) is 5.46. The zero-order valence-electron chi connectivity index (χ0n) is 24.2. The van der Waals surface area contributed by atoms with Crippen molar-refractivity contribution >= 4 is 23.4 Å². The number of carbonyl (C=O) groups excluding carboxylic acids is 2. The number of aliphatic imine (C=N–C) groups is 1. The van der Waals surface area contributed by atoms with Gasteiger partial charge in [0.15, 0.2) is 23.1 Å². The number of ketones is 2. The van der Waals surface area contributed by atoms with E-state index >= 15 is 0 Å². The number of carbonyl (C=O) groups is 2. The number of H-pyrrole nitrogens is 1. The molecule has 2 heterocycles. The van der Waals surface area contributed by atoms with Crippen LogP contribution < -0.4 is 19.5 Å². The first-order chi connectivity index (χ1) is 19.8. The summed E-state index contributed by atoms with van der Waals surface area (Å²) in [5.74, 6) is 1.78. The first-order valence-electron chi connectivity index (χ1n) is 13.8. The van der Waals surface area contributed by atoms with Gasteiger partial charge in [0, 0.05) is 17.4 Å². The van der Waals surface area contributed by atoms with E-state index in [0.29, 0.717) is 58.6 Å². The van der Waals surface area contributed by atoms with Gasteiger partial charge in [-0.3, -0.25) is 14.6 Å². The number of nitrogens with one attached hydrogen (secondary N) is 2. The minimum atomic E-state index is -0.922. The maximum absolute atomic E-state index is 13.9. The second-order valence-corrected chi connectivity index (χ2v) is 10.7. The zero-order chi connectivity index (χ0) is 29.1. The molecular weight excluding hydrogens is 520 g/mol. The van der Waals surface area contributed by atoms with Crippen LogP contribution in [0.15, 0.2) is 53.0 Å². The van der Waals surface area contributed by atoms with Crippen molar-refractivity contribution in [3.05, 3.63) is 65.0 Å². The molecule has 5 rings (SSSR count). The molecule has 1 aliphatic heterocycles. The van der Waals surface area contributed by atoms with Gasteiger partial charge in [-0.25, -0.2) is 4.98 Å². The Balaban J connectivity index is 1.31. The number of aromatic nitrogens is 2. The molecule has 1 aromatic heterocycles. The van der Waals surface area contributed by atoms with Crippen LogP contribution >= 0.6 is 0 Å². The highest BCUT2D eigenvalue weighted by Gasteiger charge is 2.45. The molecule has 0 radical (unpaired) electrons. The van der Waals surface area contributed by atoms with E-state index in [9.17, 15) is 9.59 Å². The van der Waals surface area contributed by atoms with Crippen molar-refractivity contribution in [1.82, 2.24) is 15.3 Å². The lowest BCUT2D eigenvalue weighted by atomic mass is 9.73. The Labute approximate surface area is 240 Å². The summed E-state index contributed by atoms with van der Waals surface area (Å²) in [5, 5.41) is 3.47. The maximum Gasteiger partial charge on any atom is 0.188 e. The summed E-state index contributed by atoms with van der Waals surface area (Å²) in [6.07, 6.45) is 3.81. The molecule has 9 nitrogen and oxygen atoms in total. The van der Waals surface area contributed by atoms with Crippen LogP contribution in [0.4, 0.5) is 0 Å². The van der Waals surface area contributed by atoms with Crippen LogP contribution in [0, 0.1) is 5.92 Å². The maximum atomic E-state index is 13.9. The number of aromatic amines is 1. The van der Waals surface area contributed by atoms with Gasteiger partial charge >= 0.3 is 0 Å². The molecule has 0 fully saturated rings. The van der Waals surface area contributed by atoms with E-state index in [0.717, 1.165) is 30.5 Å². The predicted molar refractivity (Wildman–Crippen MR) is 158 cm³/mol. The molecule has 41 heavy (non-hydrogen) atoms. The Morgan fingerprint density at radius 3 is 2.46 bits per heavy atom. The van der Waals surface area contributed by atoms with Gasteiger partial charge in [0.2, 0.25) is 0 Å². The van der Waals surface area contributed by atoms with Crippen molar-refractivity contribution < 1.29 is 23.8 Å². The Hall–Kier alpha value is -4.24. The summed E-state index contributed by atoms with van der Waals surface area (Å²) < 4.78 is 16.2. The number of hydrogen-bond donors (Lipinski definition) is 2. The van der Waals surface area contributed by atoms with Crippen LogP contribution in [0.1, 0.15) is 48.4 Å². The van der Waals surface area contributed by atoms with Gasteiger partial charge in [0.05, 0.1) is 32.8 Å². The molecule has 0 saturated carbocycles. The standard InChI is InChI=1S/C32H36N4O5/c1-32(2)30(38)26-21(10-8-15-33-16-14-19-12-13-24(40-4)25(17-19)41-5)29(37)28-27(22(26)18-34-32)35-31(36-28)20-9-6-7-11-23(20)39-3/h6-7,9,11-13,17-18,21,33H,8,10,14-16H2,1-5H3,(H,35,36). The number of allylic oxidation sites excluding steroid dienone is 1. The zero-order valence-corrected chi connectivity index (χ0v) is 24.2. The number of benzene rings is 2. The number of Topliss-reactive ketones (excluding diaryl/α,β-unsaturated/α-hetero) is 2. The lowest BCUT2D eigenvalue weighted by Crippen LogP contribution is -2.41. The van der Waals surface area contributed by atoms with Gasteiger partial charge in [-0.1, -0.05) is 18.2 Å². The minimum Gasteiger partial charge on any atom is -0.496 e. The first kappa shape index (κ1) is 28.3. The minimum absolute atomic E-state index is 0.114. The van der Waals surface area contributed by atoms with Gasteiger partial charge in [-0.15, -0.1) is 0 Å². The van der Waals surface area contributed by atoms with E-state index in [4.69, 9.17) is 19.2 Å². The van der Waals surface area contributed by atoms with Crippen molar-refractivity contribution in [2.45, 2.75) is 38.6 Å². The van der Waals surface area contributed by atoms with E-state index in [1.54, 1.807) is 41.4 Å². The molecule has 3 aromatic rings. The fourth-order valence-electron chi connectivity index (χ4n) is 5.46. The lowest BCUT2D eigenvalue weighted by molar-refractivity contribution is -0.119. The van der Waals surface area contributed by atoms with Crippen molar-refractivity contribution in [3.8, 4) is 28.6 Å². The third-order valence-electron chi connectivity index (χ3n) is 7.72. The van der Waals surface area contributed by atoms with Crippen LogP contribution in [-0.2, 0) is 11.2 Å². The number of dihydropyridines is 1. The topological polar surface area (TPSA) is 115 Å². The second-order valence-electron chi connectivity index (χ2n) is 10.7. The van der Waals surface area contributed by atoms with Crippen molar-refractivity contribution in [3.63, 3.8) is 0 Å². The van der Waals surface area contributed by atoms with Gasteiger partial charge in [0.25, 0.3) is 0 Å². The molecule has 0 amide bonds. The molecule has 214 valence electrons. The normalized spacial score (nSPS) is 17.3. The number of para-hydroxylation sites is 1. The first-order valence-corrected chi connectivity index (χ1v) is 13.8. The number of ether oxygens (including phenoxy) is 3. The van der Waals surface area contributed by atoms with Gasteiger partial charge in [-0.2, -0.15) is 0 Å². The molecule has 2 N–H and O–H groups in total. The largest absolute Gasteiger partial charge is 0.496 e. The SMILES string of the molecule is COc1ccc(CCNCCCC2C(=O)c3[nH]c(-c4ccccc4OC)nc3C3=C2C(=O)C(C)(C)N=C3)cc1OC. The van der Waals surface area contributed by atoms with E-state index in [1.165, 1.54) is 0 Å². The van der Waals surface area contributed by atoms with Crippen molar-refractivity contribution in [2.75, 3.05) is 34.4 Å². The summed E-state index contributed by atoms with van der Waals surface area (Å²) in [6.45, 7) is 5.06. The van der Waals surface area contributed by atoms with Gasteiger partial charge in [-0.05, 0) is 76.0 Å². The molecule has 9 heteroatoms. The smallest absolute Gasteiger partial charge is 0.188 e. The van der Waals surface area contributed by atoms with Crippen LogP contribution in [-0.4, -0.2) is 67.7 Å². The molecule has 0 bridgehead atoms. The molecule has 2 aromatic carbocycles. The molecule has 2 aliphatic rings. The highest BCUT2D eigenvalue weighted by Crippen LogP contribution is 2.42. The van der Waals surface area contributed by atoms with Crippen LogP contribution in [0.3, 0.4) is 0 Å². The highest BCUT2D eigenvalue weighted by atomic mass is 16.5. The Bertz CT molecular complexity index is 1530. The Morgan fingerprint density at radius 2 is 1.71 bits per heavy atom. The van der Waals surface area contributed by atoms with Gasteiger partial charge in [0.1, 0.15) is 28.5 Å². The number of methoxy groups -OCH3 is 3. The highest BCUT2D eigenvalue weighted by molar-refractivity contribution is 6.30. The average Bonchev–Trinajstić information content (AvgIpc) is 3.43. The van der Waals surface area contributed by atoms with Crippen LogP contribution in [0.2, 0.25) is 0 Å². The summed E-state index contributed by atoms with van der Waals surface area (Å²) in [5.41, 5.74) is 3.00. The number of hydrogen-bond acceptors (Lipinski definition) is 8. The van der Waals surface area contributed by atoms with Gasteiger partial charge < -0.3 is 24.5 Å². The predicted octanol–water partition coefficient (Wildman–Crippen LogP) is 4.71. The monoisotopic (exact) mass is 556 g/mol. The van der Waals surface area contributed by atoms with Crippen LogP contribution in [0.5, 0.6) is 17.2 Å². The third kappa shape index (κ3) is 5.41. The number of rotatable bonds is 11. The van der Waals surface area contributed by atoms with E-state index in [2.05, 4.69) is 15.3 Å². The molecule has 1 aliphatic carbocycles. The second kappa shape index (κ2) is 11.7. The fraction of sp³-hybridized carbons (Fsp3) is 0.375. The third-order valence-corrected chi connectivity index (χ3v) is 7.72. The summed E-state index contributed by atoms with van der Waals surface area (Å²) >= 11 is 0. The van der Waals surface area contributed by atoms with E-state index < -0.39 is 11.5 Å². The number of fused-ring (bicyclic) bond motifs is 2. The van der Waals surface area contributed by atoms with Crippen LogP contribution in [0.25, 0.3) is 17.0 Å². The van der Waals surface area contributed by atoms with Crippen molar-refractivity contribution in [2.24, 2.45) is 10.9 Å². The summed E-state index contributed by atoms with van der Waals surface area (Å²) in [6, 6.07) is 13.4. The number of imidazole rings is 1. The molecule has 0 saturated heterocycles. The average molecular weight is 557 g/mol. The Kier molecular flexibility index (Phi) is 8.08. The molecule has 0 spiro atoms. The summed E-state index contributed by atoms with van der Waals surface area (Å²) in [7, 11) is 4.85. The molecular formula is C32H36N4O5. The lowest BCUT2D eigenvalue weighted by Gasteiger charge is -2.32. The van der Waals surface area contributed by atoms with Crippen molar-refractivity contribution in [1.29, 1.82) is 0 Å². The molecule has 1 atom stereocenters. The summed E-state index contributed by atoms with van der Waals surface area (Å²) in [4.78, 5) is 40.0. The van der Waals surface area contributed by atoms with E-state index in [-0.39, 0.29) is 11.6 Å². The quantitative estimate of drug-likeness (QED) is 0.329.